The van der Waals surface area contributed by atoms with Crippen LogP contribution in [0.1, 0.15) is 49.1 Å². The molecule has 144 valence electrons. The maximum Gasteiger partial charge on any atom is 0.191 e. The number of guanidine groups is 1. The second-order valence-electron chi connectivity index (χ2n) is 7.07. The minimum atomic E-state index is 0.687. The molecule has 0 unspecified atom stereocenters. The van der Waals surface area contributed by atoms with Crippen molar-refractivity contribution in [1.82, 2.24) is 25.4 Å². The number of rotatable bonds is 6. The number of aliphatic imine (C=N–C) groups is 1. The molecule has 0 bridgehead atoms. The number of aryl methyl sites for hydroxylation is 2. The Hall–Kier alpha value is -2.63. The number of aromatic nitrogens is 3. The Morgan fingerprint density at radius 2 is 2.11 bits per heavy atom. The van der Waals surface area contributed by atoms with Crippen LogP contribution in [0, 0.1) is 13.8 Å². The van der Waals surface area contributed by atoms with E-state index in [1.54, 1.807) is 12.6 Å². The van der Waals surface area contributed by atoms with Crippen molar-refractivity contribution in [2.45, 2.75) is 52.5 Å². The van der Waals surface area contributed by atoms with E-state index < -0.39 is 0 Å². The second-order valence-corrected chi connectivity index (χ2v) is 7.07. The minimum Gasteiger partial charge on any atom is -0.356 e. The first-order chi connectivity index (χ1) is 13.2. The standard InChI is InChI=1S/C21H30N6/c1-16-13-17(2)27(26-16)20-10-9-19(14-24-20)15-25-21(22-3)23-12-11-18-7-5-4-6-8-18/h7,9-10,13-14H,4-6,8,11-12,15H2,1-3H3,(H2,22,23,25). The van der Waals surface area contributed by atoms with E-state index in [1.807, 2.05) is 30.8 Å². The average molecular weight is 367 g/mol. The summed E-state index contributed by atoms with van der Waals surface area (Å²) in [5.74, 6) is 1.67. The summed E-state index contributed by atoms with van der Waals surface area (Å²) in [6, 6.07) is 6.13. The van der Waals surface area contributed by atoms with Crippen molar-refractivity contribution in [3.8, 4) is 5.82 Å². The van der Waals surface area contributed by atoms with Crippen LogP contribution in [-0.4, -0.2) is 34.3 Å². The minimum absolute atomic E-state index is 0.687. The molecule has 1 aliphatic carbocycles. The van der Waals surface area contributed by atoms with E-state index in [2.05, 4.69) is 43.9 Å². The van der Waals surface area contributed by atoms with Crippen LogP contribution in [0.5, 0.6) is 0 Å². The van der Waals surface area contributed by atoms with Crippen LogP contribution in [0.25, 0.3) is 5.82 Å². The van der Waals surface area contributed by atoms with Crippen molar-refractivity contribution in [2.24, 2.45) is 4.99 Å². The fourth-order valence-corrected chi connectivity index (χ4v) is 3.39. The van der Waals surface area contributed by atoms with Crippen molar-refractivity contribution in [1.29, 1.82) is 0 Å². The quantitative estimate of drug-likeness (QED) is 0.467. The number of nitrogens with one attached hydrogen (secondary N) is 2. The maximum atomic E-state index is 4.54. The SMILES string of the molecule is CN=C(NCCC1=CCCCC1)NCc1ccc(-n2nc(C)cc2C)nc1. The molecule has 6 heteroatoms. The van der Waals surface area contributed by atoms with Gasteiger partial charge in [0.05, 0.1) is 5.69 Å². The summed E-state index contributed by atoms with van der Waals surface area (Å²) in [5.41, 5.74) is 4.77. The summed E-state index contributed by atoms with van der Waals surface area (Å²) >= 11 is 0. The monoisotopic (exact) mass is 366 g/mol. The Labute approximate surface area is 161 Å². The zero-order chi connectivity index (χ0) is 19.1. The van der Waals surface area contributed by atoms with Crippen LogP contribution in [0.4, 0.5) is 0 Å². The van der Waals surface area contributed by atoms with Gasteiger partial charge in [-0.15, -0.1) is 0 Å². The van der Waals surface area contributed by atoms with E-state index in [1.165, 1.54) is 25.7 Å². The maximum absolute atomic E-state index is 4.54. The lowest BCUT2D eigenvalue weighted by Gasteiger charge is -2.15. The molecule has 2 N–H and O–H groups in total. The van der Waals surface area contributed by atoms with Gasteiger partial charge in [-0.25, -0.2) is 9.67 Å². The molecule has 0 aliphatic heterocycles. The van der Waals surface area contributed by atoms with Gasteiger partial charge in [0.2, 0.25) is 0 Å². The largest absolute Gasteiger partial charge is 0.356 e. The van der Waals surface area contributed by atoms with E-state index in [0.29, 0.717) is 6.54 Å². The molecule has 0 saturated heterocycles. The number of allylic oxidation sites excluding steroid dienone is 1. The summed E-state index contributed by atoms with van der Waals surface area (Å²) < 4.78 is 1.87. The zero-order valence-corrected chi connectivity index (χ0v) is 16.6. The van der Waals surface area contributed by atoms with Crippen LogP contribution >= 0.6 is 0 Å². The number of hydrogen-bond acceptors (Lipinski definition) is 3. The first kappa shape index (κ1) is 19.1. The van der Waals surface area contributed by atoms with Crippen molar-refractivity contribution >= 4 is 5.96 Å². The Kier molecular flexibility index (Phi) is 6.63. The Morgan fingerprint density at radius 1 is 1.22 bits per heavy atom. The van der Waals surface area contributed by atoms with Crippen molar-refractivity contribution < 1.29 is 0 Å². The predicted molar refractivity (Wildman–Crippen MR) is 110 cm³/mol. The molecule has 0 amide bonds. The van der Waals surface area contributed by atoms with Crippen molar-refractivity contribution in [3.05, 3.63) is 53.0 Å². The van der Waals surface area contributed by atoms with Crippen molar-refractivity contribution in [2.75, 3.05) is 13.6 Å². The molecule has 2 aromatic rings. The lowest BCUT2D eigenvalue weighted by molar-refractivity contribution is 0.665. The molecule has 27 heavy (non-hydrogen) atoms. The molecule has 0 spiro atoms. The van der Waals surface area contributed by atoms with Gasteiger partial charge >= 0.3 is 0 Å². The predicted octanol–water partition coefficient (Wildman–Crippen LogP) is 3.44. The lowest BCUT2D eigenvalue weighted by atomic mass is 9.97. The molecule has 0 saturated carbocycles. The normalized spacial score (nSPS) is 14.8. The molecule has 3 rings (SSSR count). The topological polar surface area (TPSA) is 67.1 Å². The van der Waals surface area contributed by atoms with Gasteiger partial charge in [0.1, 0.15) is 0 Å². The van der Waals surface area contributed by atoms with Crippen LogP contribution in [0.3, 0.4) is 0 Å². The van der Waals surface area contributed by atoms with Crippen LogP contribution in [0.2, 0.25) is 0 Å². The summed E-state index contributed by atoms with van der Waals surface area (Å²) in [5, 5.41) is 11.2. The molecule has 6 nitrogen and oxygen atoms in total. The molecular weight excluding hydrogens is 336 g/mol. The summed E-state index contributed by atoms with van der Waals surface area (Å²) in [6.45, 7) is 5.63. The van der Waals surface area contributed by atoms with Crippen LogP contribution in [-0.2, 0) is 6.54 Å². The van der Waals surface area contributed by atoms with E-state index in [9.17, 15) is 0 Å². The first-order valence-electron chi connectivity index (χ1n) is 9.76. The third-order valence-corrected chi connectivity index (χ3v) is 4.84. The highest BCUT2D eigenvalue weighted by Crippen LogP contribution is 2.19. The molecule has 2 aromatic heterocycles. The molecule has 0 radical (unpaired) electrons. The molecule has 0 fully saturated rings. The van der Waals surface area contributed by atoms with Gasteiger partial charge in [-0.1, -0.05) is 17.7 Å². The fraction of sp³-hybridized carbons (Fsp3) is 0.476. The number of nitrogens with zero attached hydrogens (tertiary/aromatic N) is 4. The Bertz CT molecular complexity index is 801. The lowest BCUT2D eigenvalue weighted by Crippen LogP contribution is -2.37. The van der Waals surface area contributed by atoms with Gasteiger partial charge in [-0.2, -0.15) is 5.10 Å². The van der Waals surface area contributed by atoms with Gasteiger partial charge in [0.15, 0.2) is 11.8 Å². The molecule has 0 aromatic carbocycles. The molecule has 2 heterocycles. The Morgan fingerprint density at radius 3 is 2.74 bits per heavy atom. The first-order valence-corrected chi connectivity index (χ1v) is 9.76. The van der Waals surface area contributed by atoms with E-state index >= 15 is 0 Å². The van der Waals surface area contributed by atoms with Gasteiger partial charge in [-0.3, -0.25) is 4.99 Å². The Balaban J connectivity index is 1.48. The van der Waals surface area contributed by atoms with Gasteiger partial charge in [-0.05, 0) is 63.6 Å². The highest BCUT2D eigenvalue weighted by molar-refractivity contribution is 5.79. The van der Waals surface area contributed by atoms with Crippen molar-refractivity contribution in [3.63, 3.8) is 0 Å². The van der Waals surface area contributed by atoms with Gasteiger partial charge in [0, 0.05) is 32.0 Å². The van der Waals surface area contributed by atoms with Gasteiger partial charge in [0.25, 0.3) is 0 Å². The average Bonchev–Trinajstić information content (AvgIpc) is 3.04. The highest BCUT2D eigenvalue weighted by Gasteiger charge is 2.06. The second kappa shape index (κ2) is 9.35. The molecular formula is C21H30N6. The molecule has 0 atom stereocenters. The third kappa shape index (κ3) is 5.42. The number of hydrogen-bond donors (Lipinski definition) is 2. The smallest absolute Gasteiger partial charge is 0.191 e. The van der Waals surface area contributed by atoms with E-state index in [0.717, 1.165) is 41.7 Å². The number of pyridine rings is 1. The molecule has 1 aliphatic rings. The summed E-state index contributed by atoms with van der Waals surface area (Å²) in [7, 11) is 1.80. The highest BCUT2D eigenvalue weighted by atomic mass is 15.3. The van der Waals surface area contributed by atoms with E-state index in [-0.39, 0.29) is 0 Å². The summed E-state index contributed by atoms with van der Waals surface area (Å²) in [6.07, 6.45) is 10.5. The van der Waals surface area contributed by atoms with Crippen LogP contribution < -0.4 is 10.6 Å². The summed E-state index contributed by atoms with van der Waals surface area (Å²) in [4.78, 5) is 8.85. The van der Waals surface area contributed by atoms with Crippen LogP contribution in [0.15, 0.2) is 41.0 Å². The fourth-order valence-electron chi connectivity index (χ4n) is 3.39. The third-order valence-electron chi connectivity index (χ3n) is 4.84. The van der Waals surface area contributed by atoms with Gasteiger partial charge < -0.3 is 10.6 Å². The van der Waals surface area contributed by atoms with E-state index in [4.69, 9.17) is 0 Å². The zero-order valence-electron chi connectivity index (χ0n) is 16.6.